The van der Waals surface area contributed by atoms with Crippen LogP contribution in [0.5, 0.6) is 5.75 Å². The zero-order valence-electron chi connectivity index (χ0n) is 11.6. The number of benzene rings is 2. The molecule has 1 atom stereocenters. The average molecular weight is 350 g/mol. The van der Waals surface area contributed by atoms with Gasteiger partial charge in [-0.1, -0.05) is 12.1 Å². The van der Waals surface area contributed by atoms with Gasteiger partial charge < -0.3 is 10.5 Å². The summed E-state index contributed by atoms with van der Waals surface area (Å²) in [6.45, 7) is 0.410. The van der Waals surface area contributed by atoms with E-state index >= 15 is 0 Å². The number of hydrogen-bond acceptors (Lipinski definition) is 2. The van der Waals surface area contributed by atoms with E-state index in [1.807, 2.05) is 12.1 Å². The topological polar surface area (TPSA) is 35.2 Å². The van der Waals surface area contributed by atoms with Gasteiger partial charge in [-0.05, 0) is 76.1 Å². The SMILES string of the molecule is N[C@H]1CCCc2ccc(OCc3ccc(F)c(Br)c3)cc21. The van der Waals surface area contributed by atoms with Gasteiger partial charge in [0.05, 0.1) is 4.47 Å². The van der Waals surface area contributed by atoms with Crippen molar-refractivity contribution in [2.24, 2.45) is 5.73 Å². The van der Waals surface area contributed by atoms with Crippen molar-refractivity contribution in [3.63, 3.8) is 0 Å². The van der Waals surface area contributed by atoms with Crippen LogP contribution in [0.15, 0.2) is 40.9 Å². The first-order valence-corrected chi connectivity index (χ1v) is 7.88. The van der Waals surface area contributed by atoms with Crippen LogP contribution in [0.2, 0.25) is 0 Å². The first-order valence-electron chi connectivity index (χ1n) is 7.08. The minimum atomic E-state index is -0.265. The van der Waals surface area contributed by atoms with Crippen molar-refractivity contribution in [2.45, 2.75) is 31.9 Å². The molecule has 3 rings (SSSR count). The van der Waals surface area contributed by atoms with E-state index in [0.29, 0.717) is 11.1 Å². The summed E-state index contributed by atoms with van der Waals surface area (Å²) in [5, 5.41) is 0. The van der Waals surface area contributed by atoms with Crippen molar-refractivity contribution in [1.29, 1.82) is 0 Å². The summed E-state index contributed by atoms with van der Waals surface area (Å²) >= 11 is 3.18. The van der Waals surface area contributed by atoms with Crippen LogP contribution in [0.1, 0.15) is 35.6 Å². The molecule has 0 bridgehead atoms. The summed E-state index contributed by atoms with van der Waals surface area (Å²) < 4.78 is 19.4. The number of ether oxygens (including phenoxy) is 1. The Kier molecular flexibility index (Phi) is 4.27. The summed E-state index contributed by atoms with van der Waals surface area (Å²) in [6.07, 6.45) is 3.27. The maximum absolute atomic E-state index is 13.2. The van der Waals surface area contributed by atoms with Gasteiger partial charge in [-0.3, -0.25) is 0 Å². The molecule has 0 saturated carbocycles. The van der Waals surface area contributed by atoms with Gasteiger partial charge >= 0.3 is 0 Å². The molecule has 0 unspecified atom stereocenters. The van der Waals surface area contributed by atoms with Gasteiger partial charge in [0.1, 0.15) is 18.2 Å². The molecule has 2 N–H and O–H groups in total. The number of fused-ring (bicyclic) bond motifs is 1. The Labute approximate surface area is 132 Å². The highest BCUT2D eigenvalue weighted by Crippen LogP contribution is 2.31. The lowest BCUT2D eigenvalue weighted by Crippen LogP contribution is -2.17. The number of aryl methyl sites for hydroxylation is 1. The molecule has 21 heavy (non-hydrogen) atoms. The monoisotopic (exact) mass is 349 g/mol. The van der Waals surface area contributed by atoms with Gasteiger partial charge in [0, 0.05) is 6.04 Å². The largest absolute Gasteiger partial charge is 0.489 e. The van der Waals surface area contributed by atoms with Gasteiger partial charge in [0.2, 0.25) is 0 Å². The van der Waals surface area contributed by atoms with Crippen molar-refractivity contribution in [3.8, 4) is 5.75 Å². The third kappa shape index (κ3) is 3.27. The molecule has 2 aromatic carbocycles. The van der Waals surface area contributed by atoms with Crippen molar-refractivity contribution in [3.05, 3.63) is 63.4 Å². The number of halogens is 2. The third-order valence-electron chi connectivity index (χ3n) is 3.87. The van der Waals surface area contributed by atoms with Crippen LogP contribution in [0.4, 0.5) is 4.39 Å². The molecule has 4 heteroatoms. The molecule has 0 radical (unpaired) electrons. The Morgan fingerprint density at radius 3 is 2.90 bits per heavy atom. The fourth-order valence-electron chi connectivity index (χ4n) is 2.70. The lowest BCUT2D eigenvalue weighted by atomic mass is 9.88. The van der Waals surface area contributed by atoms with Crippen LogP contribution in [-0.4, -0.2) is 0 Å². The van der Waals surface area contributed by atoms with E-state index < -0.39 is 0 Å². The summed E-state index contributed by atoms with van der Waals surface area (Å²) in [6, 6.07) is 11.1. The Morgan fingerprint density at radius 1 is 1.24 bits per heavy atom. The van der Waals surface area contributed by atoms with E-state index in [2.05, 4.69) is 22.0 Å². The highest BCUT2D eigenvalue weighted by atomic mass is 79.9. The first kappa shape index (κ1) is 14.5. The first-order chi connectivity index (χ1) is 10.1. The van der Waals surface area contributed by atoms with Crippen LogP contribution in [0, 0.1) is 5.82 Å². The Bertz CT molecular complexity index is 659. The van der Waals surface area contributed by atoms with Gasteiger partial charge in [0.15, 0.2) is 0 Å². The van der Waals surface area contributed by atoms with Crippen LogP contribution in [0.25, 0.3) is 0 Å². The van der Waals surface area contributed by atoms with E-state index in [1.54, 1.807) is 12.1 Å². The van der Waals surface area contributed by atoms with Gasteiger partial charge in [-0.15, -0.1) is 0 Å². The average Bonchev–Trinajstić information content (AvgIpc) is 2.49. The predicted octanol–water partition coefficient (Wildman–Crippen LogP) is 4.50. The second-order valence-electron chi connectivity index (χ2n) is 5.40. The molecular formula is C17H17BrFNO. The molecule has 0 heterocycles. The maximum Gasteiger partial charge on any atom is 0.137 e. The maximum atomic E-state index is 13.2. The summed E-state index contributed by atoms with van der Waals surface area (Å²) in [7, 11) is 0. The van der Waals surface area contributed by atoms with Crippen LogP contribution in [-0.2, 0) is 13.0 Å². The Hall–Kier alpha value is -1.39. The molecule has 0 saturated heterocycles. The number of nitrogens with two attached hydrogens (primary N) is 1. The summed E-state index contributed by atoms with van der Waals surface area (Å²) in [4.78, 5) is 0. The van der Waals surface area contributed by atoms with E-state index in [-0.39, 0.29) is 11.9 Å². The molecule has 0 fully saturated rings. The molecule has 110 valence electrons. The number of rotatable bonds is 3. The molecule has 0 amide bonds. The lowest BCUT2D eigenvalue weighted by molar-refractivity contribution is 0.305. The quantitative estimate of drug-likeness (QED) is 0.884. The predicted molar refractivity (Wildman–Crippen MR) is 84.7 cm³/mol. The van der Waals surface area contributed by atoms with E-state index in [4.69, 9.17) is 10.5 Å². The van der Waals surface area contributed by atoms with Crippen LogP contribution >= 0.6 is 15.9 Å². The fraction of sp³-hybridized carbons (Fsp3) is 0.294. The second kappa shape index (κ2) is 6.16. The van der Waals surface area contributed by atoms with Crippen molar-refractivity contribution < 1.29 is 9.13 Å². The van der Waals surface area contributed by atoms with Gasteiger partial charge in [0.25, 0.3) is 0 Å². The van der Waals surface area contributed by atoms with Crippen LogP contribution in [0.3, 0.4) is 0 Å². The van der Waals surface area contributed by atoms with Crippen molar-refractivity contribution >= 4 is 15.9 Å². The summed E-state index contributed by atoms with van der Waals surface area (Å²) in [5.41, 5.74) is 9.60. The van der Waals surface area contributed by atoms with E-state index in [1.165, 1.54) is 17.2 Å². The van der Waals surface area contributed by atoms with Crippen LogP contribution < -0.4 is 10.5 Å². The van der Waals surface area contributed by atoms with E-state index in [9.17, 15) is 4.39 Å². The molecular weight excluding hydrogens is 333 g/mol. The molecule has 2 aromatic rings. The third-order valence-corrected chi connectivity index (χ3v) is 4.48. The fourth-order valence-corrected chi connectivity index (χ4v) is 3.13. The molecule has 0 aliphatic heterocycles. The Balaban J connectivity index is 1.73. The van der Waals surface area contributed by atoms with Crippen molar-refractivity contribution in [1.82, 2.24) is 0 Å². The highest BCUT2D eigenvalue weighted by Gasteiger charge is 2.17. The van der Waals surface area contributed by atoms with E-state index in [0.717, 1.165) is 30.6 Å². The number of hydrogen-bond donors (Lipinski definition) is 1. The Morgan fingerprint density at radius 2 is 2.10 bits per heavy atom. The smallest absolute Gasteiger partial charge is 0.137 e. The standard InChI is InChI=1S/C17H17BrFNO/c18-15-8-11(4-7-16(15)19)10-21-13-6-5-12-2-1-3-17(20)14(12)9-13/h4-9,17H,1-3,10,20H2/t17-/m0/s1. The highest BCUT2D eigenvalue weighted by molar-refractivity contribution is 9.10. The zero-order chi connectivity index (χ0) is 14.8. The summed E-state index contributed by atoms with van der Waals surface area (Å²) in [5.74, 6) is 0.546. The zero-order valence-corrected chi connectivity index (χ0v) is 13.2. The minimum absolute atomic E-state index is 0.109. The minimum Gasteiger partial charge on any atom is -0.489 e. The second-order valence-corrected chi connectivity index (χ2v) is 6.25. The molecule has 0 aromatic heterocycles. The normalized spacial score (nSPS) is 17.4. The molecule has 0 spiro atoms. The molecule has 2 nitrogen and oxygen atoms in total. The lowest BCUT2D eigenvalue weighted by Gasteiger charge is -2.22. The van der Waals surface area contributed by atoms with Gasteiger partial charge in [-0.25, -0.2) is 4.39 Å². The molecule has 1 aliphatic rings. The molecule has 1 aliphatic carbocycles. The van der Waals surface area contributed by atoms with Crippen molar-refractivity contribution in [2.75, 3.05) is 0 Å². The van der Waals surface area contributed by atoms with Gasteiger partial charge in [-0.2, -0.15) is 0 Å².